The molecular weight excluding hydrogens is 250 g/mol. The van der Waals surface area contributed by atoms with Crippen LogP contribution in [0.1, 0.15) is 10.4 Å². The molecule has 0 spiro atoms. The number of rotatable bonds is 3. The SMILES string of the molecule is COc1ccc2cc(-c3oncc3C(=O)O)oc2c1. The minimum Gasteiger partial charge on any atom is -0.497 e. The number of furan rings is 1. The molecule has 0 aliphatic rings. The topological polar surface area (TPSA) is 85.7 Å². The quantitative estimate of drug-likeness (QED) is 0.778. The van der Waals surface area contributed by atoms with Gasteiger partial charge >= 0.3 is 5.97 Å². The van der Waals surface area contributed by atoms with Crippen LogP contribution in [0.2, 0.25) is 0 Å². The first-order valence-corrected chi connectivity index (χ1v) is 5.45. The first-order chi connectivity index (χ1) is 9.19. The van der Waals surface area contributed by atoms with Crippen LogP contribution >= 0.6 is 0 Å². The minimum absolute atomic E-state index is 0.0361. The molecule has 0 aliphatic carbocycles. The lowest BCUT2D eigenvalue weighted by molar-refractivity contribution is 0.0697. The lowest BCUT2D eigenvalue weighted by atomic mass is 10.2. The van der Waals surface area contributed by atoms with Crippen LogP contribution in [0.5, 0.6) is 5.75 Å². The Morgan fingerprint density at radius 1 is 1.37 bits per heavy atom. The van der Waals surface area contributed by atoms with Gasteiger partial charge in [0.05, 0.1) is 13.3 Å². The van der Waals surface area contributed by atoms with Crippen LogP contribution in [-0.2, 0) is 0 Å². The van der Waals surface area contributed by atoms with Gasteiger partial charge in [0.1, 0.15) is 16.9 Å². The van der Waals surface area contributed by atoms with Gasteiger partial charge in [0, 0.05) is 11.5 Å². The molecule has 2 heterocycles. The Labute approximate surface area is 107 Å². The molecule has 2 aromatic heterocycles. The van der Waals surface area contributed by atoms with Gasteiger partial charge in [-0.05, 0) is 18.2 Å². The molecule has 96 valence electrons. The Kier molecular flexibility index (Phi) is 2.49. The average molecular weight is 259 g/mol. The molecule has 0 fully saturated rings. The van der Waals surface area contributed by atoms with Gasteiger partial charge in [-0.1, -0.05) is 5.16 Å². The largest absolute Gasteiger partial charge is 0.497 e. The fourth-order valence-corrected chi connectivity index (χ4v) is 1.82. The number of carbonyl (C=O) groups is 1. The summed E-state index contributed by atoms with van der Waals surface area (Å²) in [6.07, 6.45) is 1.14. The number of carboxylic acids is 1. The molecule has 6 nitrogen and oxygen atoms in total. The summed E-state index contributed by atoms with van der Waals surface area (Å²) in [5.41, 5.74) is 0.549. The van der Waals surface area contributed by atoms with Crippen molar-refractivity contribution in [2.24, 2.45) is 0 Å². The third kappa shape index (κ3) is 1.83. The van der Waals surface area contributed by atoms with E-state index in [0.717, 1.165) is 11.6 Å². The third-order valence-corrected chi connectivity index (χ3v) is 2.75. The van der Waals surface area contributed by atoms with E-state index in [9.17, 15) is 4.79 Å². The fourth-order valence-electron chi connectivity index (χ4n) is 1.82. The zero-order chi connectivity index (χ0) is 13.4. The standard InChI is InChI=1S/C13H9NO5/c1-17-8-3-2-7-4-11(18-10(7)5-8)12-9(13(15)16)6-14-19-12/h2-6H,1H3,(H,15,16). The Hall–Kier alpha value is -2.76. The number of nitrogens with zero attached hydrogens (tertiary/aromatic N) is 1. The summed E-state index contributed by atoms with van der Waals surface area (Å²) in [7, 11) is 1.56. The highest BCUT2D eigenvalue weighted by Crippen LogP contribution is 2.31. The van der Waals surface area contributed by atoms with E-state index in [2.05, 4.69) is 5.16 Å². The maximum absolute atomic E-state index is 11.0. The molecule has 3 aromatic rings. The summed E-state index contributed by atoms with van der Waals surface area (Å²) in [5.74, 6) is -0.0421. The Morgan fingerprint density at radius 2 is 2.21 bits per heavy atom. The number of ether oxygens (including phenoxy) is 1. The first-order valence-electron chi connectivity index (χ1n) is 5.45. The van der Waals surface area contributed by atoms with Crippen molar-refractivity contribution < 1.29 is 23.6 Å². The summed E-state index contributed by atoms with van der Waals surface area (Å²) in [6.45, 7) is 0. The number of hydrogen-bond donors (Lipinski definition) is 1. The molecule has 6 heteroatoms. The molecule has 0 bridgehead atoms. The highest BCUT2D eigenvalue weighted by molar-refractivity contribution is 5.94. The number of fused-ring (bicyclic) bond motifs is 1. The molecule has 0 aliphatic heterocycles. The predicted octanol–water partition coefficient (Wildman–Crippen LogP) is 2.79. The number of aromatic carboxylic acids is 1. The molecule has 0 amide bonds. The van der Waals surface area contributed by atoms with E-state index in [4.69, 9.17) is 18.8 Å². The molecule has 1 N–H and O–H groups in total. The first kappa shape index (κ1) is 11.3. The maximum Gasteiger partial charge on any atom is 0.341 e. The van der Waals surface area contributed by atoms with E-state index in [-0.39, 0.29) is 11.3 Å². The molecule has 0 atom stereocenters. The minimum atomic E-state index is -1.12. The van der Waals surface area contributed by atoms with Crippen molar-refractivity contribution >= 4 is 16.9 Å². The van der Waals surface area contributed by atoms with Crippen molar-refractivity contribution in [1.82, 2.24) is 5.16 Å². The lowest BCUT2D eigenvalue weighted by Crippen LogP contribution is -1.95. The monoisotopic (exact) mass is 259 g/mol. The van der Waals surface area contributed by atoms with Crippen LogP contribution in [0.4, 0.5) is 0 Å². The van der Waals surface area contributed by atoms with Crippen LogP contribution in [0.3, 0.4) is 0 Å². The van der Waals surface area contributed by atoms with Gasteiger partial charge < -0.3 is 18.8 Å². The van der Waals surface area contributed by atoms with E-state index < -0.39 is 5.97 Å². The van der Waals surface area contributed by atoms with Gasteiger partial charge in [-0.15, -0.1) is 0 Å². The smallest absolute Gasteiger partial charge is 0.341 e. The van der Waals surface area contributed by atoms with E-state index >= 15 is 0 Å². The van der Waals surface area contributed by atoms with Crippen molar-refractivity contribution in [1.29, 1.82) is 0 Å². The second-order valence-electron chi connectivity index (χ2n) is 3.89. The average Bonchev–Trinajstić information content (AvgIpc) is 3.03. The number of benzene rings is 1. The zero-order valence-electron chi connectivity index (χ0n) is 9.91. The molecule has 19 heavy (non-hydrogen) atoms. The summed E-state index contributed by atoms with van der Waals surface area (Å²) in [6, 6.07) is 7.02. The van der Waals surface area contributed by atoms with Crippen molar-refractivity contribution in [2.75, 3.05) is 7.11 Å². The van der Waals surface area contributed by atoms with Gasteiger partial charge in [0.25, 0.3) is 0 Å². The molecule has 0 unspecified atom stereocenters. The number of methoxy groups -OCH3 is 1. The van der Waals surface area contributed by atoms with Crippen molar-refractivity contribution in [3.05, 3.63) is 36.0 Å². The van der Waals surface area contributed by atoms with Crippen molar-refractivity contribution in [3.8, 4) is 17.3 Å². The molecule has 0 saturated heterocycles. The molecule has 0 radical (unpaired) electrons. The van der Waals surface area contributed by atoms with Gasteiger partial charge in [-0.3, -0.25) is 0 Å². The number of hydrogen-bond acceptors (Lipinski definition) is 5. The Bertz CT molecular complexity index is 755. The second-order valence-corrected chi connectivity index (χ2v) is 3.89. The predicted molar refractivity (Wildman–Crippen MR) is 65.2 cm³/mol. The van der Waals surface area contributed by atoms with E-state index in [1.54, 1.807) is 25.3 Å². The van der Waals surface area contributed by atoms with Crippen LogP contribution < -0.4 is 4.74 Å². The van der Waals surface area contributed by atoms with Crippen LogP contribution in [0.25, 0.3) is 22.5 Å². The zero-order valence-corrected chi connectivity index (χ0v) is 9.91. The van der Waals surface area contributed by atoms with Gasteiger partial charge in [-0.25, -0.2) is 4.79 Å². The van der Waals surface area contributed by atoms with E-state index in [1.807, 2.05) is 6.07 Å². The van der Waals surface area contributed by atoms with Crippen LogP contribution in [0.15, 0.2) is 39.4 Å². The van der Waals surface area contributed by atoms with Crippen LogP contribution in [0, 0.1) is 0 Å². The van der Waals surface area contributed by atoms with E-state index in [1.165, 1.54) is 0 Å². The van der Waals surface area contributed by atoms with Gasteiger partial charge in [-0.2, -0.15) is 0 Å². The van der Waals surface area contributed by atoms with Crippen molar-refractivity contribution in [3.63, 3.8) is 0 Å². The Balaban J connectivity index is 2.15. The van der Waals surface area contributed by atoms with Gasteiger partial charge in [0.15, 0.2) is 5.76 Å². The summed E-state index contributed by atoms with van der Waals surface area (Å²) in [5, 5.41) is 13.3. The highest BCUT2D eigenvalue weighted by Gasteiger charge is 2.20. The van der Waals surface area contributed by atoms with Crippen molar-refractivity contribution in [2.45, 2.75) is 0 Å². The number of carboxylic acid groups (broad SMARTS) is 1. The van der Waals surface area contributed by atoms with Crippen LogP contribution in [-0.4, -0.2) is 23.3 Å². The van der Waals surface area contributed by atoms with Gasteiger partial charge in [0.2, 0.25) is 5.76 Å². The van der Waals surface area contributed by atoms with E-state index in [0.29, 0.717) is 17.1 Å². The fraction of sp³-hybridized carbons (Fsp3) is 0.0769. The number of aromatic nitrogens is 1. The maximum atomic E-state index is 11.0. The molecule has 3 rings (SSSR count). The highest BCUT2D eigenvalue weighted by atomic mass is 16.5. The summed E-state index contributed by atoms with van der Waals surface area (Å²) >= 11 is 0. The second kappa shape index (κ2) is 4.16. The molecule has 0 saturated carbocycles. The molecule has 1 aromatic carbocycles. The summed E-state index contributed by atoms with van der Waals surface area (Å²) in [4.78, 5) is 11.0. The third-order valence-electron chi connectivity index (χ3n) is 2.75. The molecular formula is C13H9NO5. The normalized spacial score (nSPS) is 10.8. The summed E-state index contributed by atoms with van der Waals surface area (Å²) < 4.78 is 15.6. The Morgan fingerprint density at radius 3 is 2.95 bits per heavy atom. The lowest BCUT2D eigenvalue weighted by Gasteiger charge is -1.96.